The second-order valence-electron chi connectivity index (χ2n) is 4.87. The summed E-state index contributed by atoms with van der Waals surface area (Å²) in [6.07, 6.45) is -3.74. The normalized spacial score (nSPS) is 12.3. The number of rotatable bonds is 7. The first-order valence-corrected chi connectivity index (χ1v) is 8.85. The van der Waals surface area contributed by atoms with Gasteiger partial charge in [-0.3, -0.25) is 9.53 Å². The van der Waals surface area contributed by atoms with E-state index in [0.717, 1.165) is 10.9 Å². The van der Waals surface area contributed by atoms with Gasteiger partial charge in [0.05, 0.1) is 17.8 Å². The average molecular weight is 397 g/mol. The van der Waals surface area contributed by atoms with Crippen molar-refractivity contribution in [2.24, 2.45) is 0 Å². The Labute approximate surface area is 146 Å². The molecule has 2 rings (SSSR count). The fourth-order valence-electron chi connectivity index (χ4n) is 1.92. The SMILES string of the molecule is O=C(CS(=O)(=O)c1ccccc1)c1ncn(CCOC(F)(F)F)c1Cl. The lowest BCUT2D eigenvalue weighted by molar-refractivity contribution is -0.325. The molecule has 0 spiro atoms. The Bertz CT molecular complexity index is 851. The maximum atomic E-state index is 12.2. The third-order valence-electron chi connectivity index (χ3n) is 3.06. The summed E-state index contributed by atoms with van der Waals surface area (Å²) in [7, 11) is -3.88. The fraction of sp³-hybridized carbons (Fsp3) is 0.286. The summed E-state index contributed by atoms with van der Waals surface area (Å²) >= 11 is 5.89. The first kappa shape index (κ1) is 19.4. The van der Waals surface area contributed by atoms with Crippen LogP contribution < -0.4 is 0 Å². The number of carbonyl (C=O) groups excluding carboxylic acids is 1. The molecule has 25 heavy (non-hydrogen) atoms. The summed E-state index contributed by atoms with van der Waals surface area (Å²) in [5.41, 5.74) is -0.326. The zero-order valence-corrected chi connectivity index (χ0v) is 14.1. The predicted octanol–water partition coefficient (Wildman–Crippen LogP) is 2.73. The lowest BCUT2D eigenvalue weighted by Crippen LogP contribution is -2.18. The topological polar surface area (TPSA) is 78.3 Å². The van der Waals surface area contributed by atoms with E-state index in [9.17, 15) is 26.4 Å². The summed E-state index contributed by atoms with van der Waals surface area (Å²) in [6.45, 7) is -1.03. The molecule has 0 amide bonds. The van der Waals surface area contributed by atoms with Crippen molar-refractivity contribution in [1.29, 1.82) is 0 Å². The standard InChI is InChI=1S/C14H12ClF3N2O4S/c15-13-12(19-9-20(13)6-7-24-14(16,17)18)11(21)8-25(22,23)10-4-2-1-3-5-10/h1-5,9H,6-8H2. The highest BCUT2D eigenvalue weighted by Gasteiger charge is 2.29. The largest absolute Gasteiger partial charge is 0.522 e. The average Bonchev–Trinajstić information content (AvgIpc) is 2.88. The third kappa shape index (κ3) is 5.28. The number of hydrogen-bond acceptors (Lipinski definition) is 5. The highest BCUT2D eigenvalue weighted by Crippen LogP contribution is 2.20. The van der Waals surface area contributed by atoms with Gasteiger partial charge in [0, 0.05) is 6.54 Å². The van der Waals surface area contributed by atoms with Crippen LogP contribution in [-0.4, -0.2) is 42.5 Å². The fourth-order valence-corrected chi connectivity index (χ4v) is 3.42. The number of ether oxygens (including phenoxy) is 1. The molecule has 0 aliphatic heterocycles. The van der Waals surface area contributed by atoms with Gasteiger partial charge < -0.3 is 4.57 Å². The van der Waals surface area contributed by atoms with Crippen molar-refractivity contribution in [3.05, 3.63) is 47.5 Å². The number of benzene rings is 1. The summed E-state index contributed by atoms with van der Waals surface area (Å²) < 4.78 is 64.8. The van der Waals surface area contributed by atoms with Crippen molar-refractivity contribution in [2.45, 2.75) is 17.8 Å². The molecule has 0 N–H and O–H groups in total. The van der Waals surface area contributed by atoms with Gasteiger partial charge >= 0.3 is 6.36 Å². The van der Waals surface area contributed by atoms with E-state index in [-0.39, 0.29) is 22.3 Å². The molecule has 136 valence electrons. The van der Waals surface area contributed by atoms with E-state index < -0.39 is 34.3 Å². The maximum Gasteiger partial charge on any atom is 0.522 e. The summed E-state index contributed by atoms with van der Waals surface area (Å²) in [5, 5.41) is -0.251. The van der Waals surface area contributed by atoms with E-state index in [1.807, 2.05) is 0 Å². The Morgan fingerprint density at radius 2 is 1.88 bits per heavy atom. The summed E-state index contributed by atoms with van der Waals surface area (Å²) in [4.78, 5) is 15.8. The number of alkyl halides is 3. The molecule has 0 atom stereocenters. The number of aromatic nitrogens is 2. The molecule has 0 aliphatic carbocycles. The van der Waals surface area contributed by atoms with Gasteiger partial charge in [0.1, 0.15) is 16.6 Å². The number of sulfone groups is 1. The van der Waals surface area contributed by atoms with Gasteiger partial charge in [0.15, 0.2) is 15.6 Å². The van der Waals surface area contributed by atoms with Gasteiger partial charge in [-0.25, -0.2) is 13.4 Å². The highest BCUT2D eigenvalue weighted by molar-refractivity contribution is 7.92. The van der Waals surface area contributed by atoms with Crippen LogP contribution in [0.25, 0.3) is 0 Å². The van der Waals surface area contributed by atoms with Crippen LogP contribution in [0.1, 0.15) is 10.5 Å². The van der Waals surface area contributed by atoms with Gasteiger partial charge in [-0.1, -0.05) is 29.8 Å². The number of imidazole rings is 1. The molecule has 0 saturated heterocycles. The van der Waals surface area contributed by atoms with Gasteiger partial charge in [0.2, 0.25) is 0 Å². The minimum atomic E-state index is -4.78. The van der Waals surface area contributed by atoms with Crippen LogP contribution in [0.4, 0.5) is 13.2 Å². The van der Waals surface area contributed by atoms with Crippen LogP contribution in [-0.2, 0) is 21.1 Å². The Morgan fingerprint density at radius 3 is 2.48 bits per heavy atom. The third-order valence-corrected chi connectivity index (χ3v) is 5.09. The number of hydrogen-bond donors (Lipinski definition) is 0. The zero-order valence-electron chi connectivity index (χ0n) is 12.5. The van der Waals surface area contributed by atoms with Crippen molar-refractivity contribution in [3.8, 4) is 0 Å². The minimum Gasteiger partial charge on any atom is -0.319 e. The van der Waals surface area contributed by atoms with Crippen LogP contribution in [0.15, 0.2) is 41.6 Å². The van der Waals surface area contributed by atoms with Crippen molar-refractivity contribution in [3.63, 3.8) is 0 Å². The van der Waals surface area contributed by atoms with Crippen LogP contribution in [0.5, 0.6) is 0 Å². The Balaban J connectivity index is 2.08. The molecule has 1 aromatic carbocycles. The second-order valence-corrected chi connectivity index (χ2v) is 7.21. The lowest BCUT2D eigenvalue weighted by Gasteiger charge is -2.08. The molecular formula is C14H12ClF3N2O4S. The highest BCUT2D eigenvalue weighted by atomic mass is 35.5. The van der Waals surface area contributed by atoms with Gasteiger partial charge in [0.25, 0.3) is 0 Å². The molecule has 0 bridgehead atoms. The molecule has 2 aromatic rings. The molecular weight excluding hydrogens is 385 g/mol. The van der Waals surface area contributed by atoms with Crippen molar-refractivity contribution < 1.29 is 31.1 Å². The molecule has 11 heteroatoms. The predicted molar refractivity (Wildman–Crippen MR) is 82.1 cm³/mol. The van der Waals surface area contributed by atoms with Crippen LogP contribution in [0.3, 0.4) is 0 Å². The Morgan fingerprint density at radius 1 is 1.24 bits per heavy atom. The zero-order chi connectivity index (χ0) is 18.7. The quantitative estimate of drug-likeness (QED) is 0.672. The smallest absolute Gasteiger partial charge is 0.319 e. The van der Waals surface area contributed by atoms with Gasteiger partial charge in [-0.05, 0) is 12.1 Å². The molecule has 0 saturated carbocycles. The van der Waals surface area contributed by atoms with E-state index in [4.69, 9.17) is 11.6 Å². The number of nitrogens with zero attached hydrogens (tertiary/aromatic N) is 2. The second kappa shape index (κ2) is 7.54. The van der Waals surface area contributed by atoms with Crippen LogP contribution in [0, 0.1) is 0 Å². The van der Waals surface area contributed by atoms with Crippen LogP contribution >= 0.6 is 11.6 Å². The summed E-state index contributed by atoms with van der Waals surface area (Å²) in [5.74, 6) is -1.71. The molecule has 0 radical (unpaired) electrons. The van der Waals surface area contributed by atoms with Gasteiger partial charge in [-0.2, -0.15) is 0 Å². The molecule has 0 fully saturated rings. The van der Waals surface area contributed by atoms with E-state index >= 15 is 0 Å². The first-order valence-electron chi connectivity index (χ1n) is 6.82. The lowest BCUT2D eigenvalue weighted by atomic mass is 10.3. The van der Waals surface area contributed by atoms with Crippen LogP contribution in [0.2, 0.25) is 5.15 Å². The van der Waals surface area contributed by atoms with Crippen molar-refractivity contribution in [2.75, 3.05) is 12.4 Å². The number of carbonyl (C=O) groups is 1. The van der Waals surface area contributed by atoms with Gasteiger partial charge in [-0.15, -0.1) is 13.2 Å². The van der Waals surface area contributed by atoms with E-state index in [0.29, 0.717) is 0 Å². The molecule has 1 aromatic heterocycles. The number of halogens is 4. The van der Waals surface area contributed by atoms with E-state index in [2.05, 4.69) is 9.72 Å². The van der Waals surface area contributed by atoms with E-state index in [1.165, 1.54) is 24.3 Å². The number of ketones is 1. The van der Waals surface area contributed by atoms with Crippen molar-refractivity contribution in [1.82, 2.24) is 9.55 Å². The molecule has 1 heterocycles. The monoisotopic (exact) mass is 396 g/mol. The molecule has 0 aliphatic rings. The van der Waals surface area contributed by atoms with Crippen molar-refractivity contribution >= 4 is 27.2 Å². The Kier molecular flexibility index (Phi) is 5.86. The van der Waals surface area contributed by atoms with E-state index in [1.54, 1.807) is 6.07 Å². The maximum absolute atomic E-state index is 12.2. The minimum absolute atomic E-state index is 0.0301. The number of Topliss-reactive ketones (excluding diaryl/α,β-unsaturated/α-hetero) is 1. The molecule has 0 unspecified atom stereocenters. The first-order chi connectivity index (χ1) is 11.6. The molecule has 6 nitrogen and oxygen atoms in total. The Hall–Kier alpha value is -1.91. The summed E-state index contributed by atoms with van der Waals surface area (Å²) in [6, 6.07) is 7.34.